The number of aliphatic carboxylic acids is 1. The van der Waals surface area contributed by atoms with Gasteiger partial charge in [-0.2, -0.15) is 0 Å². The Kier molecular flexibility index (Phi) is 8.64. The van der Waals surface area contributed by atoms with Crippen LogP contribution in [0.2, 0.25) is 5.02 Å². The molecule has 0 spiro atoms. The topological polar surface area (TPSA) is 105 Å². The number of unbranched alkanes of at least 4 members (excludes halogenated alkanes) is 2. The molecule has 0 unspecified atom stereocenters. The normalized spacial score (nSPS) is 10.1. The van der Waals surface area contributed by atoms with E-state index in [1.54, 1.807) is 6.07 Å². The lowest BCUT2D eigenvalue weighted by molar-refractivity contribution is -0.139. The third-order valence-electron chi connectivity index (χ3n) is 3.02. The Morgan fingerprint density at radius 2 is 1.96 bits per heavy atom. The van der Waals surface area contributed by atoms with Gasteiger partial charge in [0.2, 0.25) is 11.8 Å². The van der Waals surface area contributed by atoms with E-state index in [-0.39, 0.29) is 22.6 Å². The van der Waals surface area contributed by atoms with Gasteiger partial charge in [0.25, 0.3) is 0 Å². The minimum atomic E-state index is -1.10. The molecule has 3 N–H and O–H groups in total. The van der Waals surface area contributed by atoms with Crippen LogP contribution in [0.4, 0.5) is 5.69 Å². The van der Waals surface area contributed by atoms with Gasteiger partial charge in [0.15, 0.2) is 6.61 Å². The number of nitrogens with one attached hydrogen (secondary N) is 2. The fourth-order valence-corrected chi connectivity index (χ4v) is 2.15. The van der Waals surface area contributed by atoms with Crippen molar-refractivity contribution in [2.45, 2.75) is 32.6 Å². The Labute approximate surface area is 145 Å². The van der Waals surface area contributed by atoms with E-state index in [9.17, 15) is 14.4 Å². The molecule has 2 amide bonds. The molecule has 0 aromatic heterocycles. The maximum atomic E-state index is 11.8. The monoisotopic (exact) mass is 356 g/mol. The summed E-state index contributed by atoms with van der Waals surface area (Å²) in [5, 5.41) is 14.2. The van der Waals surface area contributed by atoms with Gasteiger partial charge in [0.05, 0.1) is 5.02 Å². The number of hydrogen-bond donors (Lipinski definition) is 3. The van der Waals surface area contributed by atoms with Crippen LogP contribution in [0.15, 0.2) is 18.2 Å². The average Bonchev–Trinajstić information content (AvgIpc) is 2.49. The highest BCUT2D eigenvalue weighted by Crippen LogP contribution is 2.27. The number of rotatable bonds is 10. The molecule has 0 aliphatic rings. The molecule has 24 heavy (non-hydrogen) atoms. The molecule has 0 aliphatic carbocycles. The van der Waals surface area contributed by atoms with Gasteiger partial charge in [-0.15, -0.1) is 0 Å². The predicted molar refractivity (Wildman–Crippen MR) is 90.4 cm³/mol. The van der Waals surface area contributed by atoms with E-state index in [4.69, 9.17) is 21.4 Å². The average molecular weight is 357 g/mol. The van der Waals surface area contributed by atoms with Gasteiger partial charge in [-0.05, 0) is 31.0 Å². The second-order valence-electron chi connectivity index (χ2n) is 5.17. The van der Waals surface area contributed by atoms with E-state index >= 15 is 0 Å². The molecule has 0 radical (unpaired) electrons. The molecule has 0 saturated carbocycles. The summed E-state index contributed by atoms with van der Waals surface area (Å²) in [6, 6.07) is 4.61. The van der Waals surface area contributed by atoms with Gasteiger partial charge in [-0.25, -0.2) is 4.79 Å². The second kappa shape index (κ2) is 10.5. The summed E-state index contributed by atoms with van der Waals surface area (Å²) in [6.07, 6.45) is 2.76. The van der Waals surface area contributed by atoms with Gasteiger partial charge in [0, 0.05) is 25.6 Å². The van der Waals surface area contributed by atoms with Crippen molar-refractivity contribution in [2.75, 3.05) is 18.5 Å². The van der Waals surface area contributed by atoms with E-state index in [0.717, 1.165) is 19.3 Å². The first-order chi connectivity index (χ1) is 11.4. The quantitative estimate of drug-likeness (QED) is 0.558. The Morgan fingerprint density at radius 3 is 2.58 bits per heavy atom. The van der Waals surface area contributed by atoms with Gasteiger partial charge >= 0.3 is 5.97 Å². The number of carboxylic acid groups (broad SMARTS) is 1. The van der Waals surface area contributed by atoms with Crippen molar-refractivity contribution < 1.29 is 24.2 Å². The molecule has 132 valence electrons. The molecule has 0 heterocycles. The van der Waals surface area contributed by atoms with Crippen molar-refractivity contribution in [1.29, 1.82) is 0 Å². The summed E-state index contributed by atoms with van der Waals surface area (Å²) < 4.78 is 5.00. The molecule has 1 aromatic carbocycles. The number of hydrogen-bond acceptors (Lipinski definition) is 4. The molecule has 0 saturated heterocycles. The van der Waals surface area contributed by atoms with E-state index in [1.807, 2.05) is 0 Å². The predicted octanol–water partition coefficient (Wildman–Crippen LogP) is 2.44. The Bertz CT molecular complexity index is 592. The van der Waals surface area contributed by atoms with E-state index in [2.05, 4.69) is 10.6 Å². The Hall–Kier alpha value is -2.28. The summed E-state index contributed by atoms with van der Waals surface area (Å²) in [4.78, 5) is 33.0. The van der Waals surface area contributed by atoms with Crippen LogP contribution in [0.25, 0.3) is 0 Å². The van der Waals surface area contributed by atoms with E-state index in [0.29, 0.717) is 18.7 Å². The smallest absolute Gasteiger partial charge is 0.341 e. The van der Waals surface area contributed by atoms with Crippen LogP contribution in [0, 0.1) is 0 Å². The number of carbonyl (C=O) groups excluding carboxylic acids is 2. The van der Waals surface area contributed by atoms with Gasteiger partial charge in [-0.1, -0.05) is 18.0 Å². The highest BCUT2D eigenvalue weighted by Gasteiger charge is 2.08. The third kappa shape index (κ3) is 8.38. The zero-order valence-electron chi connectivity index (χ0n) is 13.4. The molecule has 0 aliphatic heterocycles. The molecular formula is C16H21ClN2O5. The number of carboxylic acids is 1. The summed E-state index contributed by atoms with van der Waals surface area (Å²) >= 11 is 5.98. The van der Waals surface area contributed by atoms with Crippen molar-refractivity contribution in [2.24, 2.45) is 0 Å². The number of amides is 2. The molecule has 8 heteroatoms. The molecule has 1 aromatic rings. The molecule has 0 atom stereocenters. The Morgan fingerprint density at radius 1 is 1.21 bits per heavy atom. The summed E-state index contributed by atoms with van der Waals surface area (Å²) in [6.45, 7) is 1.60. The van der Waals surface area contributed by atoms with Crippen LogP contribution in [0.5, 0.6) is 5.75 Å². The lowest BCUT2D eigenvalue weighted by Crippen LogP contribution is -2.20. The largest absolute Gasteiger partial charge is 0.480 e. The first kappa shape index (κ1) is 19.8. The minimum Gasteiger partial charge on any atom is -0.480 e. The molecule has 1 rings (SSSR count). The summed E-state index contributed by atoms with van der Waals surface area (Å²) in [5.74, 6) is -1.04. The highest BCUT2D eigenvalue weighted by atomic mass is 35.5. The van der Waals surface area contributed by atoms with Crippen LogP contribution in [0.1, 0.15) is 32.6 Å². The first-order valence-electron chi connectivity index (χ1n) is 7.57. The van der Waals surface area contributed by atoms with Crippen molar-refractivity contribution in [1.82, 2.24) is 5.32 Å². The summed E-state index contributed by atoms with van der Waals surface area (Å²) in [7, 11) is 0. The molecule has 7 nitrogen and oxygen atoms in total. The zero-order chi connectivity index (χ0) is 17.9. The SMILES string of the molecule is CC(=O)NCCCCCC(=O)Nc1ccc(OCC(=O)O)c(Cl)c1. The highest BCUT2D eigenvalue weighted by molar-refractivity contribution is 6.32. The van der Waals surface area contributed by atoms with Crippen molar-refractivity contribution in [3.63, 3.8) is 0 Å². The van der Waals surface area contributed by atoms with Crippen LogP contribution in [-0.2, 0) is 14.4 Å². The van der Waals surface area contributed by atoms with Crippen molar-refractivity contribution in [3.8, 4) is 5.75 Å². The number of anilines is 1. The minimum absolute atomic E-state index is 0.0552. The van der Waals surface area contributed by atoms with Crippen molar-refractivity contribution in [3.05, 3.63) is 23.2 Å². The van der Waals surface area contributed by atoms with Crippen LogP contribution in [0.3, 0.4) is 0 Å². The van der Waals surface area contributed by atoms with Crippen molar-refractivity contribution >= 4 is 35.1 Å². The molecular weight excluding hydrogens is 336 g/mol. The van der Waals surface area contributed by atoms with Gasteiger partial charge in [0.1, 0.15) is 5.75 Å². The number of carbonyl (C=O) groups is 3. The first-order valence-corrected chi connectivity index (χ1v) is 7.94. The van der Waals surface area contributed by atoms with E-state index in [1.165, 1.54) is 19.1 Å². The zero-order valence-corrected chi connectivity index (χ0v) is 14.2. The maximum Gasteiger partial charge on any atom is 0.341 e. The van der Waals surface area contributed by atoms with Crippen LogP contribution in [-0.4, -0.2) is 36.0 Å². The number of halogens is 1. The van der Waals surface area contributed by atoms with Crippen LogP contribution < -0.4 is 15.4 Å². The fourth-order valence-electron chi connectivity index (χ4n) is 1.91. The lowest BCUT2D eigenvalue weighted by atomic mass is 10.2. The maximum absolute atomic E-state index is 11.8. The second-order valence-corrected chi connectivity index (χ2v) is 5.58. The van der Waals surface area contributed by atoms with Gasteiger partial charge < -0.3 is 20.5 Å². The van der Waals surface area contributed by atoms with E-state index < -0.39 is 12.6 Å². The van der Waals surface area contributed by atoms with Gasteiger partial charge in [-0.3, -0.25) is 9.59 Å². The number of benzene rings is 1. The Balaban J connectivity index is 2.32. The molecule has 0 fully saturated rings. The standard InChI is InChI=1S/C16H21ClN2O5/c1-11(20)18-8-4-2-3-5-15(21)19-12-6-7-14(13(17)9-12)24-10-16(22)23/h6-7,9H,2-5,8,10H2,1H3,(H,18,20)(H,19,21)(H,22,23). The third-order valence-corrected chi connectivity index (χ3v) is 3.32. The summed E-state index contributed by atoms with van der Waals surface area (Å²) in [5.41, 5.74) is 0.519. The lowest BCUT2D eigenvalue weighted by Gasteiger charge is -2.09. The fraction of sp³-hybridized carbons (Fsp3) is 0.438. The molecule has 0 bridgehead atoms. The number of ether oxygens (including phenoxy) is 1. The van der Waals surface area contributed by atoms with Crippen LogP contribution >= 0.6 is 11.6 Å².